The van der Waals surface area contributed by atoms with Crippen molar-refractivity contribution in [3.63, 3.8) is 0 Å². The van der Waals surface area contributed by atoms with Crippen molar-refractivity contribution in [1.29, 1.82) is 0 Å². The summed E-state index contributed by atoms with van der Waals surface area (Å²) in [6.45, 7) is 0.598. The molecule has 1 aliphatic rings. The van der Waals surface area contributed by atoms with Gasteiger partial charge in [0.1, 0.15) is 11.6 Å². The molecule has 0 aliphatic carbocycles. The first kappa shape index (κ1) is 15.0. The lowest BCUT2D eigenvalue weighted by molar-refractivity contribution is 0.0984. The molecule has 3 nitrogen and oxygen atoms in total. The highest BCUT2D eigenvalue weighted by Crippen LogP contribution is 2.37. The minimum absolute atomic E-state index is 0.217. The van der Waals surface area contributed by atoms with E-state index in [0.717, 1.165) is 24.1 Å². The van der Waals surface area contributed by atoms with Crippen molar-refractivity contribution in [2.24, 2.45) is 0 Å². The van der Waals surface area contributed by atoms with Crippen LogP contribution >= 0.6 is 15.9 Å². The monoisotopic (exact) mass is 363 g/mol. The number of anilines is 1. The normalized spacial score (nSPS) is 13.7. The minimum Gasteiger partial charge on any atom is -0.495 e. The molecule has 0 spiro atoms. The number of benzene rings is 2. The largest absolute Gasteiger partial charge is 0.495 e. The molecule has 0 bridgehead atoms. The van der Waals surface area contributed by atoms with Crippen molar-refractivity contribution in [3.8, 4) is 5.75 Å². The van der Waals surface area contributed by atoms with Crippen LogP contribution < -0.4 is 9.64 Å². The van der Waals surface area contributed by atoms with E-state index in [2.05, 4.69) is 15.9 Å². The molecule has 1 aliphatic heterocycles. The summed E-state index contributed by atoms with van der Waals surface area (Å²) in [5, 5.41) is 0. The molecular formula is C17H15BrFNO2. The van der Waals surface area contributed by atoms with E-state index < -0.39 is 5.82 Å². The minimum atomic E-state index is -0.435. The van der Waals surface area contributed by atoms with Crippen LogP contribution in [-0.4, -0.2) is 19.6 Å². The number of halogens is 2. The van der Waals surface area contributed by atoms with Crippen LogP contribution in [0.4, 0.5) is 10.1 Å². The van der Waals surface area contributed by atoms with Crippen molar-refractivity contribution < 1.29 is 13.9 Å². The molecule has 0 unspecified atom stereocenters. The zero-order valence-electron chi connectivity index (χ0n) is 12.1. The molecule has 0 atom stereocenters. The molecular weight excluding hydrogens is 349 g/mol. The van der Waals surface area contributed by atoms with Gasteiger partial charge in [0.05, 0.1) is 12.8 Å². The molecule has 0 N–H and O–H groups in total. The van der Waals surface area contributed by atoms with Gasteiger partial charge in [-0.3, -0.25) is 4.79 Å². The van der Waals surface area contributed by atoms with E-state index >= 15 is 0 Å². The Labute approximate surface area is 136 Å². The van der Waals surface area contributed by atoms with E-state index in [0.29, 0.717) is 22.3 Å². The molecule has 22 heavy (non-hydrogen) atoms. The van der Waals surface area contributed by atoms with E-state index in [1.54, 1.807) is 18.1 Å². The zero-order chi connectivity index (χ0) is 15.7. The van der Waals surface area contributed by atoms with Crippen molar-refractivity contribution in [3.05, 3.63) is 57.8 Å². The first-order chi connectivity index (χ1) is 10.6. The van der Waals surface area contributed by atoms with Gasteiger partial charge in [-0.1, -0.05) is 28.1 Å². The molecule has 0 aromatic heterocycles. The van der Waals surface area contributed by atoms with E-state index in [9.17, 15) is 9.18 Å². The Balaban J connectivity index is 2.05. The van der Waals surface area contributed by atoms with Crippen LogP contribution in [-0.2, 0) is 6.42 Å². The van der Waals surface area contributed by atoms with E-state index in [4.69, 9.17) is 4.74 Å². The van der Waals surface area contributed by atoms with Gasteiger partial charge in [0, 0.05) is 16.6 Å². The summed E-state index contributed by atoms with van der Waals surface area (Å²) in [5.74, 6) is 0.0154. The standard InChI is InChI=1S/C17H15BrFNO2/c1-22-15-6-2-4-11-5-3-7-20(16(11)15)17(21)12-8-13(18)10-14(19)9-12/h2,4,6,8-10H,3,5,7H2,1H3. The van der Waals surface area contributed by atoms with Crippen LogP contribution in [0.25, 0.3) is 0 Å². The summed E-state index contributed by atoms with van der Waals surface area (Å²) < 4.78 is 19.5. The summed E-state index contributed by atoms with van der Waals surface area (Å²) in [6.07, 6.45) is 1.78. The maximum absolute atomic E-state index is 13.6. The first-order valence-electron chi connectivity index (χ1n) is 7.04. The van der Waals surface area contributed by atoms with Crippen LogP contribution in [0.3, 0.4) is 0 Å². The Morgan fingerprint density at radius 1 is 1.32 bits per heavy atom. The van der Waals surface area contributed by atoms with Gasteiger partial charge in [-0.15, -0.1) is 0 Å². The molecule has 1 amide bonds. The number of methoxy groups -OCH3 is 1. The number of para-hydroxylation sites is 1. The third-order valence-electron chi connectivity index (χ3n) is 3.75. The van der Waals surface area contributed by atoms with Gasteiger partial charge in [0.15, 0.2) is 0 Å². The second-order valence-electron chi connectivity index (χ2n) is 5.19. The SMILES string of the molecule is COc1cccc2c1N(C(=O)c1cc(F)cc(Br)c1)CCC2. The number of carbonyl (C=O) groups is 1. The van der Waals surface area contributed by atoms with Crippen molar-refractivity contribution >= 4 is 27.5 Å². The summed E-state index contributed by atoms with van der Waals surface area (Å²) in [6, 6.07) is 9.99. The quantitative estimate of drug-likeness (QED) is 0.800. The number of amides is 1. The number of carbonyl (C=O) groups excluding carboxylic acids is 1. The van der Waals surface area contributed by atoms with Crippen molar-refractivity contribution in [2.45, 2.75) is 12.8 Å². The lowest BCUT2D eigenvalue weighted by Crippen LogP contribution is -2.35. The topological polar surface area (TPSA) is 29.5 Å². The molecule has 0 saturated heterocycles. The maximum atomic E-state index is 13.6. The van der Waals surface area contributed by atoms with Gasteiger partial charge >= 0.3 is 0 Å². The molecule has 0 saturated carbocycles. The van der Waals surface area contributed by atoms with E-state index in [-0.39, 0.29) is 5.91 Å². The second-order valence-corrected chi connectivity index (χ2v) is 6.10. The third kappa shape index (κ3) is 2.73. The highest BCUT2D eigenvalue weighted by molar-refractivity contribution is 9.10. The van der Waals surface area contributed by atoms with Crippen LogP contribution in [0, 0.1) is 5.82 Å². The van der Waals surface area contributed by atoms with Crippen LogP contribution in [0.15, 0.2) is 40.9 Å². The Hall–Kier alpha value is -1.88. The highest BCUT2D eigenvalue weighted by atomic mass is 79.9. The van der Waals surface area contributed by atoms with E-state index in [1.165, 1.54) is 12.1 Å². The van der Waals surface area contributed by atoms with Crippen molar-refractivity contribution in [2.75, 3.05) is 18.6 Å². The fourth-order valence-electron chi connectivity index (χ4n) is 2.82. The average molecular weight is 364 g/mol. The van der Waals surface area contributed by atoms with Gasteiger partial charge in [0.25, 0.3) is 5.91 Å². The molecule has 3 rings (SSSR count). The first-order valence-corrected chi connectivity index (χ1v) is 7.83. The number of hydrogen-bond acceptors (Lipinski definition) is 2. The third-order valence-corrected chi connectivity index (χ3v) is 4.21. The molecule has 5 heteroatoms. The molecule has 1 heterocycles. The lowest BCUT2D eigenvalue weighted by Gasteiger charge is -2.31. The van der Waals surface area contributed by atoms with Crippen LogP contribution in [0.1, 0.15) is 22.3 Å². The summed E-state index contributed by atoms with van der Waals surface area (Å²) in [4.78, 5) is 14.5. The zero-order valence-corrected chi connectivity index (χ0v) is 13.7. The van der Waals surface area contributed by atoms with Crippen LogP contribution in [0.5, 0.6) is 5.75 Å². The second kappa shape index (κ2) is 6.08. The molecule has 2 aromatic carbocycles. The predicted octanol–water partition coefficient (Wildman–Crippen LogP) is 4.19. The van der Waals surface area contributed by atoms with Gasteiger partial charge in [-0.05, 0) is 42.7 Å². The molecule has 0 radical (unpaired) electrons. The average Bonchev–Trinajstić information content (AvgIpc) is 2.52. The Morgan fingerprint density at radius 2 is 2.14 bits per heavy atom. The summed E-state index contributed by atoms with van der Waals surface area (Å²) in [7, 11) is 1.59. The van der Waals surface area contributed by atoms with Gasteiger partial charge in [-0.2, -0.15) is 0 Å². The number of fused-ring (bicyclic) bond motifs is 1. The number of aryl methyl sites for hydroxylation is 1. The number of hydrogen-bond donors (Lipinski definition) is 0. The molecule has 2 aromatic rings. The molecule has 0 fully saturated rings. The van der Waals surface area contributed by atoms with Crippen molar-refractivity contribution in [1.82, 2.24) is 0 Å². The fraction of sp³-hybridized carbons (Fsp3) is 0.235. The maximum Gasteiger partial charge on any atom is 0.258 e. The number of nitrogens with zero attached hydrogens (tertiary/aromatic N) is 1. The Morgan fingerprint density at radius 3 is 2.86 bits per heavy atom. The van der Waals surface area contributed by atoms with Gasteiger partial charge < -0.3 is 9.64 Å². The fourth-order valence-corrected chi connectivity index (χ4v) is 3.28. The highest BCUT2D eigenvalue weighted by Gasteiger charge is 2.27. The lowest BCUT2D eigenvalue weighted by atomic mass is 10.00. The predicted molar refractivity (Wildman–Crippen MR) is 87.1 cm³/mol. The number of ether oxygens (including phenoxy) is 1. The smallest absolute Gasteiger partial charge is 0.258 e. The molecule has 114 valence electrons. The summed E-state index contributed by atoms with van der Waals surface area (Å²) >= 11 is 3.23. The van der Waals surface area contributed by atoms with Gasteiger partial charge in [0.2, 0.25) is 0 Å². The van der Waals surface area contributed by atoms with E-state index in [1.807, 2.05) is 18.2 Å². The van der Waals surface area contributed by atoms with Crippen LogP contribution in [0.2, 0.25) is 0 Å². The number of rotatable bonds is 2. The summed E-state index contributed by atoms with van der Waals surface area (Å²) in [5.41, 5.74) is 2.20. The Kier molecular flexibility index (Phi) is 4.16. The van der Waals surface area contributed by atoms with Gasteiger partial charge in [-0.25, -0.2) is 4.39 Å². The Bertz CT molecular complexity index is 698.